The number of rotatable bonds is 11. The molecule has 0 fully saturated rings. The molecule has 150 valence electrons. The lowest BCUT2D eigenvalue weighted by atomic mass is 10.0. The van der Waals surface area contributed by atoms with Crippen molar-refractivity contribution in [2.45, 2.75) is 38.0 Å². The lowest BCUT2D eigenvalue weighted by Gasteiger charge is -2.24. The van der Waals surface area contributed by atoms with Gasteiger partial charge in [0.1, 0.15) is 11.8 Å². The number of thioether (sulfide) groups is 1. The molecule has 0 saturated carbocycles. The summed E-state index contributed by atoms with van der Waals surface area (Å²) in [5, 5.41) is 13.8. The minimum atomic E-state index is -1.04. The van der Waals surface area contributed by atoms with E-state index in [1.807, 2.05) is 19.1 Å². The molecule has 3 unspecified atom stereocenters. The summed E-state index contributed by atoms with van der Waals surface area (Å²) in [4.78, 5) is 36.3. The molecule has 7 nitrogen and oxygen atoms in total. The number of nitrogens with one attached hydrogen (secondary N) is 2. The molecule has 1 rings (SSSR count). The third-order valence-corrected chi connectivity index (χ3v) is 5.71. The van der Waals surface area contributed by atoms with Gasteiger partial charge in [-0.15, -0.1) is 11.8 Å². The molecule has 0 spiro atoms. The first-order chi connectivity index (χ1) is 12.8. The Morgan fingerprint density at radius 2 is 1.81 bits per heavy atom. The van der Waals surface area contributed by atoms with Crippen LogP contribution in [0.15, 0.2) is 24.3 Å². The van der Waals surface area contributed by atoms with Crippen LogP contribution >= 0.6 is 11.8 Å². The summed E-state index contributed by atoms with van der Waals surface area (Å²) >= 11 is 1.30. The van der Waals surface area contributed by atoms with Crippen molar-refractivity contribution in [2.24, 2.45) is 5.92 Å². The van der Waals surface area contributed by atoms with Crippen molar-refractivity contribution in [3.05, 3.63) is 29.8 Å². The van der Waals surface area contributed by atoms with Gasteiger partial charge in [-0.3, -0.25) is 14.4 Å². The van der Waals surface area contributed by atoms with E-state index in [9.17, 15) is 19.5 Å². The Bertz CT molecular complexity index is 635. The van der Waals surface area contributed by atoms with Crippen LogP contribution in [0.25, 0.3) is 0 Å². The quantitative estimate of drug-likeness (QED) is 0.526. The summed E-state index contributed by atoms with van der Waals surface area (Å²) in [6.07, 6.45) is 1.12. The average molecular weight is 397 g/mol. The smallest absolute Gasteiger partial charge is 0.307 e. The molecule has 0 saturated heterocycles. The summed E-state index contributed by atoms with van der Waals surface area (Å²) in [5.74, 6) is -1.30. The molecule has 0 aromatic heterocycles. The van der Waals surface area contributed by atoms with Gasteiger partial charge < -0.3 is 20.5 Å². The molecular weight excluding hydrogens is 368 g/mol. The standard InChI is InChI=1S/C19H28N2O5S/c1-5-10-27-16(12(2)19(24)25)18(23)21-15(17(22)20-3)11-13-6-8-14(26-4)9-7-13/h6-9,12,15-16H,5,10-11H2,1-4H3,(H,20,22)(H,21,23)(H,24,25). The number of hydrogen-bond donors (Lipinski definition) is 3. The van der Waals surface area contributed by atoms with Crippen molar-refractivity contribution >= 4 is 29.5 Å². The largest absolute Gasteiger partial charge is 0.497 e. The van der Waals surface area contributed by atoms with Crippen LogP contribution in [0.3, 0.4) is 0 Å². The van der Waals surface area contributed by atoms with Gasteiger partial charge in [0.25, 0.3) is 0 Å². The van der Waals surface area contributed by atoms with E-state index in [2.05, 4.69) is 10.6 Å². The fourth-order valence-corrected chi connectivity index (χ4v) is 3.57. The van der Waals surface area contributed by atoms with E-state index < -0.39 is 29.1 Å². The van der Waals surface area contributed by atoms with Crippen LogP contribution in [-0.4, -0.2) is 54.1 Å². The Morgan fingerprint density at radius 1 is 1.19 bits per heavy atom. The third-order valence-electron chi connectivity index (χ3n) is 4.08. The monoisotopic (exact) mass is 396 g/mol. The Kier molecular flexibility index (Phi) is 9.71. The van der Waals surface area contributed by atoms with Gasteiger partial charge in [0.15, 0.2) is 0 Å². The van der Waals surface area contributed by atoms with E-state index in [0.29, 0.717) is 17.9 Å². The van der Waals surface area contributed by atoms with Crippen molar-refractivity contribution in [3.8, 4) is 5.75 Å². The van der Waals surface area contributed by atoms with Crippen LogP contribution in [-0.2, 0) is 20.8 Å². The van der Waals surface area contributed by atoms with E-state index in [4.69, 9.17) is 4.74 Å². The van der Waals surface area contributed by atoms with Crippen LogP contribution < -0.4 is 15.4 Å². The van der Waals surface area contributed by atoms with Crippen molar-refractivity contribution in [2.75, 3.05) is 19.9 Å². The highest BCUT2D eigenvalue weighted by Crippen LogP contribution is 2.22. The normalized spacial score (nSPS) is 13.9. The molecule has 0 aliphatic rings. The van der Waals surface area contributed by atoms with Gasteiger partial charge in [-0.1, -0.05) is 26.0 Å². The number of carboxylic acid groups (broad SMARTS) is 1. The molecule has 1 aromatic carbocycles. The maximum Gasteiger partial charge on any atom is 0.307 e. The van der Waals surface area contributed by atoms with Gasteiger partial charge >= 0.3 is 5.97 Å². The Balaban J connectivity index is 2.92. The maximum atomic E-state index is 12.7. The molecular formula is C19H28N2O5S. The van der Waals surface area contributed by atoms with Gasteiger partial charge in [0, 0.05) is 13.5 Å². The number of carboxylic acids is 1. The van der Waals surface area contributed by atoms with E-state index in [1.54, 1.807) is 19.2 Å². The fourth-order valence-electron chi connectivity index (χ4n) is 2.46. The number of ether oxygens (including phenoxy) is 1. The minimum Gasteiger partial charge on any atom is -0.497 e. The van der Waals surface area contributed by atoms with Gasteiger partial charge in [-0.2, -0.15) is 0 Å². The Morgan fingerprint density at radius 3 is 2.30 bits per heavy atom. The van der Waals surface area contributed by atoms with Gasteiger partial charge in [-0.05, 0) is 29.9 Å². The number of carbonyl (C=O) groups is 3. The average Bonchev–Trinajstić information content (AvgIpc) is 2.67. The summed E-state index contributed by atoms with van der Waals surface area (Å²) in [6.45, 7) is 3.47. The molecule has 0 aliphatic heterocycles. The molecule has 1 aromatic rings. The highest BCUT2D eigenvalue weighted by atomic mass is 32.2. The predicted octanol–water partition coefficient (Wildman–Crippen LogP) is 1.70. The lowest BCUT2D eigenvalue weighted by Crippen LogP contribution is -2.51. The zero-order valence-corrected chi connectivity index (χ0v) is 17.0. The molecule has 0 bridgehead atoms. The van der Waals surface area contributed by atoms with Crippen LogP contribution in [0.2, 0.25) is 0 Å². The summed E-state index contributed by atoms with van der Waals surface area (Å²) < 4.78 is 5.12. The first-order valence-electron chi connectivity index (χ1n) is 8.83. The summed E-state index contributed by atoms with van der Waals surface area (Å²) in [6, 6.07) is 6.42. The molecule has 8 heteroatoms. The number of hydrogen-bond acceptors (Lipinski definition) is 5. The van der Waals surface area contributed by atoms with Crippen molar-refractivity contribution in [3.63, 3.8) is 0 Å². The van der Waals surface area contributed by atoms with Gasteiger partial charge in [0.2, 0.25) is 11.8 Å². The number of likely N-dealkylation sites (N-methyl/N-ethyl adjacent to an activating group) is 1. The number of aliphatic carboxylic acids is 1. The van der Waals surface area contributed by atoms with Crippen LogP contribution in [0.4, 0.5) is 0 Å². The Labute approximate surface area is 164 Å². The maximum absolute atomic E-state index is 12.7. The van der Waals surface area contributed by atoms with Gasteiger partial charge in [0.05, 0.1) is 18.3 Å². The highest BCUT2D eigenvalue weighted by Gasteiger charge is 2.32. The molecule has 3 atom stereocenters. The summed E-state index contributed by atoms with van der Waals surface area (Å²) in [5.41, 5.74) is 0.855. The van der Waals surface area contributed by atoms with Gasteiger partial charge in [-0.25, -0.2) is 0 Å². The van der Waals surface area contributed by atoms with Crippen LogP contribution in [0.5, 0.6) is 5.75 Å². The minimum absolute atomic E-state index is 0.294. The second kappa shape index (κ2) is 11.5. The zero-order valence-electron chi connectivity index (χ0n) is 16.2. The highest BCUT2D eigenvalue weighted by molar-refractivity contribution is 8.00. The zero-order chi connectivity index (χ0) is 20.4. The number of carbonyl (C=O) groups excluding carboxylic acids is 2. The lowest BCUT2D eigenvalue weighted by molar-refractivity contribution is -0.143. The Hall–Kier alpha value is -2.22. The SMILES string of the molecule is CCCSC(C(=O)NC(Cc1ccc(OC)cc1)C(=O)NC)C(C)C(=O)O. The number of amides is 2. The van der Waals surface area contributed by atoms with Crippen molar-refractivity contribution in [1.29, 1.82) is 0 Å². The molecule has 2 amide bonds. The van der Waals surface area contributed by atoms with E-state index in [0.717, 1.165) is 12.0 Å². The second-order valence-electron chi connectivity index (χ2n) is 6.15. The van der Waals surface area contributed by atoms with E-state index >= 15 is 0 Å². The summed E-state index contributed by atoms with van der Waals surface area (Å²) in [7, 11) is 3.07. The third kappa shape index (κ3) is 7.13. The first kappa shape index (κ1) is 22.8. The van der Waals surface area contributed by atoms with Crippen molar-refractivity contribution in [1.82, 2.24) is 10.6 Å². The predicted molar refractivity (Wildman–Crippen MR) is 106 cm³/mol. The number of methoxy groups -OCH3 is 1. The second-order valence-corrected chi connectivity index (χ2v) is 7.40. The van der Waals surface area contributed by atoms with Crippen LogP contribution in [0, 0.1) is 5.92 Å². The fraction of sp³-hybridized carbons (Fsp3) is 0.526. The number of benzene rings is 1. The molecule has 3 N–H and O–H groups in total. The first-order valence-corrected chi connectivity index (χ1v) is 9.88. The van der Waals surface area contributed by atoms with E-state index in [-0.39, 0.29) is 5.91 Å². The topological polar surface area (TPSA) is 105 Å². The molecule has 27 heavy (non-hydrogen) atoms. The molecule has 0 radical (unpaired) electrons. The van der Waals surface area contributed by atoms with Crippen LogP contribution in [0.1, 0.15) is 25.8 Å². The van der Waals surface area contributed by atoms with Crippen molar-refractivity contribution < 1.29 is 24.2 Å². The molecule has 0 aliphatic carbocycles. The van der Waals surface area contributed by atoms with E-state index in [1.165, 1.54) is 25.7 Å². The molecule has 0 heterocycles.